The van der Waals surface area contributed by atoms with Crippen molar-refractivity contribution in [2.75, 3.05) is 0 Å². The number of hydrogen-bond donors (Lipinski definition) is 1. The lowest BCUT2D eigenvalue weighted by atomic mass is 10.1. The van der Waals surface area contributed by atoms with Crippen LogP contribution >= 0.6 is 0 Å². The number of alkyl halides is 2. The zero-order chi connectivity index (χ0) is 12.0. The Hall–Kier alpha value is -1.60. The van der Waals surface area contributed by atoms with Gasteiger partial charge < -0.3 is 9.84 Å². The van der Waals surface area contributed by atoms with E-state index in [-0.39, 0.29) is 12.2 Å². The van der Waals surface area contributed by atoms with Crippen LogP contribution in [0.1, 0.15) is 25.0 Å². The predicted molar refractivity (Wildman–Crippen MR) is 56.1 cm³/mol. The molecule has 0 fully saturated rings. The van der Waals surface area contributed by atoms with E-state index in [2.05, 4.69) is 16.6 Å². The molecule has 0 bridgehead atoms. The number of benzene rings is 1. The third kappa shape index (κ3) is 3.52. The number of aliphatic hydroxyl groups is 1. The van der Waals surface area contributed by atoms with Gasteiger partial charge >= 0.3 is 6.61 Å². The number of para-hydroxylation sites is 1. The number of ether oxygens (including phenoxy) is 1. The topological polar surface area (TPSA) is 29.5 Å². The molecule has 0 aliphatic rings. The van der Waals surface area contributed by atoms with Crippen molar-refractivity contribution in [1.82, 2.24) is 0 Å². The second-order valence-corrected chi connectivity index (χ2v) is 3.06. The van der Waals surface area contributed by atoms with E-state index in [0.29, 0.717) is 5.56 Å². The first-order chi connectivity index (χ1) is 7.65. The van der Waals surface area contributed by atoms with Crippen LogP contribution in [-0.4, -0.2) is 11.7 Å². The Balaban J connectivity index is 2.87. The van der Waals surface area contributed by atoms with Crippen molar-refractivity contribution >= 4 is 0 Å². The average Bonchev–Trinajstić information content (AvgIpc) is 2.26. The Kier molecular flexibility index (Phi) is 4.74. The van der Waals surface area contributed by atoms with E-state index < -0.39 is 12.7 Å². The summed E-state index contributed by atoms with van der Waals surface area (Å²) in [6.07, 6.45) is -0.720. The molecule has 16 heavy (non-hydrogen) atoms. The Morgan fingerprint density at radius 3 is 2.69 bits per heavy atom. The summed E-state index contributed by atoms with van der Waals surface area (Å²) in [7, 11) is 0. The number of aliphatic hydroxyl groups excluding tert-OH is 1. The molecule has 1 atom stereocenters. The number of halogens is 2. The summed E-state index contributed by atoms with van der Waals surface area (Å²) in [6, 6.07) is 6.15. The molecule has 0 aliphatic heterocycles. The summed E-state index contributed by atoms with van der Waals surface area (Å²) in [5.74, 6) is 5.30. The second-order valence-electron chi connectivity index (χ2n) is 3.06. The van der Waals surface area contributed by atoms with E-state index >= 15 is 0 Å². The van der Waals surface area contributed by atoms with Gasteiger partial charge in [-0.15, -0.1) is 11.8 Å². The molecule has 1 aromatic rings. The Morgan fingerprint density at radius 2 is 2.06 bits per heavy atom. The quantitative estimate of drug-likeness (QED) is 0.800. The van der Waals surface area contributed by atoms with Crippen LogP contribution in [0.15, 0.2) is 24.3 Å². The van der Waals surface area contributed by atoms with Crippen molar-refractivity contribution in [3.63, 3.8) is 0 Å². The zero-order valence-electron chi connectivity index (χ0n) is 8.78. The average molecular weight is 226 g/mol. The summed E-state index contributed by atoms with van der Waals surface area (Å²) in [6.45, 7) is -1.25. The number of rotatable bonds is 4. The molecule has 1 rings (SSSR count). The van der Waals surface area contributed by atoms with E-state index in [1.807, 2.05) is 0 Å². The van der Waals surface area contributed by atoms with Crippen LogP contribution in [0.4, 0.5) is 8.78 Å². The van der Waals surface area contributed by atoms with Gasteiger partial charge in [-0.1, -0.05) is 18.2 Å². The van der Waals surface area contributed by atoms with Crippen molar-refractivity contribution in [2.45, 2.75) is 26.1 Å². The molecular formula is C12H12F2O2. The lowest BCUT2D eigenvalue weighted by Crippen LogP contribution is -2.06. The van der Waals surface area contributed by atoms with Gasteiger partial charge in [-0.3, -0.25) is 0 Å². The standard InChI is InChI=1S/C12H12F2O2/c1-2-3-7-10(15)9-6-4-5-8-11(9)16-12(13)14/h4-6,8,10,12,15H,7H2,1H3. The highest BCUT2D eigenvalue weighted by atomic mass is 19.3. The molecule has 86 valence electrons. The minimum atomic E-state index is -2.90. The van der Waals surface area contributed by atoms with E-state index in [1.165, 1.54) is 6.07 Å². The van der Waals surface area contributed by atoms with Crippen LogP contribution in [0.25, 0.3) is 0 Å². The van der Waals surface area contributed by atoms with Crippen LogP contribution in [-0.2, 0) is 0 Å². The van der Waals surface area contributed by atoms with Gasteiger partial charge in [-0.2, -0.15) is 8.78 Å². The maximum Gasteiger partial charge on any atom is 0.387 e. The van der Waals surface area contributed by atoms with Gasteiger partial charge in [0.25, 0.3) is 0 Å². The highest BCUT2D eigenvalue weighted by molar-refractivity contribution is 5.35. The zero-order valence-corrected chi connectivity index (χ0v) is 8.78. The Labute approximate surface area is 92.9 Å². The van der Waals surface area contributed by atoms with Crippen LogP contribution in [0.5, 0.6) is 5.75 Å². The molecule has 0 radical (unpaired) electrons. The normalized spacial score (nSPS) is 11.8. The second kappa shape index (κ2) is 6.09. The molecule has 1 unspecified atom stereocenters. The van der Waals surface area contributed by atoms with Gasteiger partial charge in [0.05, 0.1) is 6.10 Å². The van der Waals surface area contributed by atoms with Crippen molar-refractivity contribution in [3.8, 4) is 17.6 Å². The lowest BCUT2D eigenvalue weighted by Gasteiger charge is -2.13. The third-order valence-electron chi connectivity index (χ3n) is 1.97. The molecule has 2 nitrogen and oxygen atoms in total. The number of hydrogen-bond acceptors (Lipinski definition) is 2. The Bertz CT molecular complexity index is 393. The van der Waals surface area contributed by atoms with Crippen molar-refractivity contribution < 1.29 is 18.6 Å². The fourth-order valence-corrected chi connectivity index (χ4v) is 1.27. The summed E-state index contributed by atoms with van der Waals surface area (Å²) < 4.78 is 28.5. The largest absolute Gasteiger partial charge is 0.434 e. The molecule has 4 heteroatoms. The molecule has 1 aromatic carbocycles. The lowest BCUT2D eigenvalue weighted by molar-refractivity contribution is -0.0515. The van der Waals surface area contributed by atoms with E-state index in [0.717, 1.165) is 0 Å². The van der Waals surface area contributed by atoms with Crippen molar-refractivity contribution in [3.05, 3.63) is 29.8 Å². The fraction of sp³-hybridized carbons (Fsp3) is 0.333. The molecule has 0 saturated carbocycles. The first-order valence-corrected chi connectivity index (χ1v) is 4.76. The summed E-state index contributed by atoms with van der Waals surface area (Å²) in [5.41, 5.74) is 0.325. The third-order valence-corrected chi connectivity index (χ3v) is 1.97. The van der Waals surface area contributed by atoms with E-state index in [1.54, 1.807) is 25.1 Å². The van der Waals surface area contributed by atoms with Crippen LogP contribution in [0.3, 0.4) is 0 Å². The Morgan fingerprint density at radius 1 is 1.38 bits per heavy atom. The minimum Gasteiger partial charge on any atom is -0.434 e. The molecule has 0 amide bonds. The summed E-state index contributed by atoms with van der Waals surface area (Å²) in [4.78, 5) is 0. The molecule has 1 N–H and O–H groups in total. The van der Waals surface area contributed by atoms with Gasteiger partial charge in [0.15, 0.2) is 0 Å². The smallest absolute Gasteiger partial charge is 0.387 e. The first-order valence-electron chi connectivity index (χ1n) is 4.76. The van der Waals surface area contributed by atoms with Gasteiger partial charge in [0.1, 0.15) is 5.75 Å². The molecule has 0 aliphatic carbocycles. The highest BCUT2D eigenvalue weighted by Crippen LogP contribution is 2.27. The summed E-state index contributed by atoms with van der Waals surface area (Å²) in [5, 5.41) is 9.72. The minimum absolute atomic E-state index is 0.0112. The molecule has 0 saturated heterocycles. The molecular weight excluding hydrogens is 214 g/mol. The SMILES string of the molecule is CC#CCC(O)c1ccccc1OC(F)F. The van der Waals surface area contributed by atoms with E-state index in [4.69, 9.17) is 0 Å². The maximum atomic E-state index is 12.1. The van der Waals surface area contributed by atoms with Crippen molar-refractivity contribution in [1.29, 1.82) is 0 Å². The fourth-order valence-electron chi connectivity index (χ4n) is 1.27. The first kappa shape index (κ1) is 12.5. The highest BCUT2D eigenvalue weighted by Gasteiger charge is 2.14. The van der Waals surface area contributed by atoms with Gasteiger partial charge in [-0.25, -0.2) is 0 Å². The van der Waals surface area contributed by atoms with Crippen molar-refractivity contribution in [2.24, 2.45) is 0 Å². The monoisotopic (exact) mass is 226 g/mol. The van der Waals surface area contributed by atoms with Gasteiger partial charge in [-0.05, 0) is 13.0 Å². The maximum absolute atomic E-state index is 12.1. The molecule has 0 aromatic heterocycles. The van der Waals surface area contributed by atoms with Crippen LogP contribution in [0, 0.1) is 11.8 Å². The van der Waals surface area contributed by atoms with Crippen LogP contribution in [0.2, 0.25) is 0 Å². The molecule has 0 heterocycles. The molecule has 0 spiro atoms. The van der Waals surface area contributed by atoms with Gasteiger partial charge in [0, 0.05) is 12.0 Å². The van der Waals surface area contributed by atoms with Crippen LogP contribution < -0.4 is 4.74 Å². The van der Waals surface area contributed by atoms with E-state index in [9.17, 15) is 13.9 Å². The van der Waals surface area contributed by atoms with Gasteiger partial charge in [0.2, 0.25) is 0 Å². The predicted octanol–water partition coefficient (Wildman–Crippen LogP) is 2.73. The summed E-state index contributed by atoms with van der Waals surface area (Å²) >= 11 is 0.